The molecule has 1 unspecified atom stereocenters. The van der Waals surface area contributed by atoms with E-state index in [0.29, 0.717) is 0 Å². The van der Waals surface area contributed by atoms with Crippen LogP contribution in [0.3, 0.4) is 0 Å². The summed E-state index contributed by atoms with van der Waals surface area (Å²) in [5.41, 5.74) is 5.33. The molecule has 8 nitrogen and oxygen atoms in total. The number of hydrogen-bond acceptors (Lipinski definition) is 6. The average Bonchev–Trinajstić information content (AvgIpc) is 2.59. The van der Waals surface area contributed by atoms with Gasteiger partial charge in [-0.05, 0) is 0 Å². The number of amides is 2. The largest absolute Gasteiger partial charge is 0.394 e. The summed E-state index contributed by atoms with van der Waals surface area (Å²) in [5, 5.41) is 21.1. The predicted molar refractivity (Wildman–Crippen MR) is 53.2 cm³/mol. The first kappa shape index (κ1) is 11.1. The minimum Gasteiger partial charge on any atom is -0.394 e. The Balaban J connectivity index is 2.02. The number of ether oxygens (including phenoxy) is 1. The molecule has 2 aliphatic heterocycles. The van der Waals surface area contributed by atoms with Gasteiger partial charge in [-0.25, -0.2) is 4.79 Å². The highest BCUT2D eigenvalue weighted by Gasteiger charge is 2.39. The molecule has 5 N–H and O–H groups in total. The third kappa shape index (κ3) is 1.94. The van der Waals surface area contributed by atoms with Crippen molar-refractivity contribution in [3.05, 3.63) is 0 Å². The van der Waals surface area contributed by atoms with Crippen LogP contribution in [0.15, 0.2) is 4.99 Å². The fourth-order valence-corrected chi connectivity index (χ4v) is 1.74. The maximum atomic E-state index is 11.5. The third-order valence-corrected chi connectivity index (χ3v) is 2.62. The van der Waals surface area contributed by atoms with Gasteiger partial charge >= 0.3 is 6.03 Å². The van der Waals surface area contributed by atoms with E-state index < -0.39 is 24.5 Å². The van der Waals surface area contributed by atoms with Gasteiger partial charge in [-0.2, -0.15) is 4.99 Å². The molecule has 8 heteroatoms. The Labute approximate surface area is 91.7 Å². The van der Waals surface area contributed by atoms with Crippen LogP contribution in [0.25, 0.3) is 0 Å². The minimum absolute atomic E-state index is 0.0681. The molecule has 2 aliphatic rings. The Bertz CT molecular complexity index is 321. The van der Waals surface area contributed by atoms with Crippen LogP contribution in [-0.4, -0.2) is 58.8 Å². The van der Waals surface area contributed by atoms with E-state index in [1.807, 2.05) is 0 Å². The normalized spacial score (nSPS) is 34.9. The standard InChI is InChI=1S/C8H14N4O4/c9-7-10-3-12(8(15)11-7)6-1-4(14)5(2-13)16-6/h4-6,13-14H,1-3H2,(H3,9,10,11,15)/t4?,5-,6-/m1/s1. The van der Waals surface area contributed by atoms with Crippen molar-refractivity contribution in [2.45, 2.75) is 24.9 Å². The van der Waals surface area contributed by atoms with E-state index >= 15 is 0 Å². The van der Waals surface area contributed by atoms with Gasteiger partial charge in [0.2, 0.25) is 0 Å². The van der Waals surface area contributed by atoms with E-state index in [1.165, 1.54) is 4.90 Å². The molecule has 1 fully saturated rings. The van der Waals surface area contributed by atoms with Gasteiger partial charge in [0.15, 0.2) is 5.96 Å². The molecule has 0 aromatic rings. The quantitative estimate of drug-likeness (QED) is 0.425. The second-order valence-corrected chi connectivity index (χ2v) is 3.70. The van der Waals surface area contributed by atoms with E-state index in [0.717, 1.165) is 0 Å². The number of nitrogens with two attached hydrogens (primary N) is 1. The topological polar surface area (TPSA) is 120 Å². The summed E-state index contributed by atoms with van der Waals surface area (Å²) < 4.78 is 5.32. The number of nitrogens with zero attached hydrogens (tertiary/aromatic N) is 2. The predicted octanol–water partition coefficient (Wildman–Crippen LogP) is -2.25. The number of aliphatic imine (C=N–C) groups is 1. The molecule has 0 spiro atoms. The molecule has 2 rings (SSSR count). The molecule has 3 atom stereocenters. The minimum atomic E-state index is -0.772. The fourth-order valence-electron chi connectivity index (χ4n) is 1.74. The second kappa shape index (κ2) is 4.24. The highest BCUT2D eigenvalue weighted by molar-refractivity contribution is 5.93. The summed E-state index contributed by atoms with van der Waals surface area (Å²) in [6.45, 7) is -0.0950. The maximum Gasteiger partial charge on any atom is 0.350 e. The number of hydrogen-bond donors (Lipinski definition) is 4. The van der Waals surface area contributed by atoms with Crippen LogP contribution >= 0.6 is 0 Å². The van der Waals surface area contributed by atoms with Gasteiger partial charge in [-0.3, -0.25) is 4.90 Å². The Morgan fingerprint density at radius 2 is 2.44 bits per heavy atom. The van der Waals surface area contributed by atoms with Gasteiger partial charge in [0.25, 0.3) is 0 Å². The average molecular weight is 230 g/mol. The molecule has 2 heterocycles. The first-order valence-corrected chi connectivity index (χ1v) is 4.95. The summed E-state index contributed by atoms with van der Waals surface area (Å²) in [6.07, 6.45) is -1.75. The zero-order valence-electron chi connectivity index (χ0n) is 8.54. The zero-order valence-corrected chi connectivity index (χ0v) is 8.54. The lowest BCUT2D eigenvalue weighted by atomic mass is 10.2. The fraction of sp³-hybridized carbons (Fsp3) is 0.750. The van der Waals surface area contributed by atoms with Crippen LogP contribution in [0.1, 0.15) is 6.42 Å². The van der Waals surface area contributed by atoms with Crippen LogP contribution in [0.4, 0.5) is 4.79 Å². The number of guanidine groups is 1. The number of aliphatic hydroxyl groups is 2. The zero-order chi connectivity index (χ0) is 11.7. The molecular formula is C8H14N4O4. The van der Waals surface area contributed by atoms with Crippen molar-refractivity contribution >= 4 is 12.0 Å². The summed E-state index contributed by atoms with van der Waals surface area (Å²) in [4.78, 5) is 16.3. The molecule has 0 aromatic carbocycles. The lowest BCUT2D eigenvalue weighted by molar-refractivity contribution is -0.0644. The number of carbonyl (C=O) groups is 1. The van der Waals surface area contributed by atoms with Gasteiger partial charge in [0, 0.05) is 6.42 Å². The molecule has 0 saturated carbocycles. The van der Waals surface area contributed by atoms with E-state index in [9.17, 15) is 9.90 Å². The van der Waals surface area contributed by atoms with Gasteiger partial charge < -0.3 is 26.0 Å². The van der Waals surface area contributed by atoms with Gasteiger partial charge in [0.1, 0.15) is 12.3 Å². The smallest absolute Gasteiger partial charge is 0.350 e. The highest BCUT2D eigenvalue weighted by Crippen LogP contribution is 2.23. The molecule has 0 bridgehead atoms. The monoisotopic (exact) mass is 230 g/mol. The summed E-state index contributed by atoms with van der Waals surface area (Å²) in [5.74, 6) is 0.0681. The van der Waals surface area contributed by atoms with E-state index in [1.54, 1.807) is 0 Å². The molecule has 16 heavy (non-hydrogen) atoms. The molecule has 90 valence electrons. The van der Waals surface area contributed by atoms with Gasteiger partial charge in [-0.1, -0.05) is 0 Å². The summed E-state index contributed by atoms with van der Waals surface area (Å²) in [6, 6.07) is -0.507. The summed E-state index contributed by atoms with van der Waals surface area (Å²) in [7, 11) is 0. The van der Waals surface area contributed by atoms with Crippen molar-refractivity contribution in [3.8, 4) is 0 Å². The number of rotatable bonds is 2. The van der Waals surface area contributed by atoms with Crippen molar-refractivity contribution in [1.82, 2.24) is 10.2 Å². The number of carbonyl (C=O) groups excluding carboxylic acids is 1. The lowest BCUT2D eigenvalue weighted by Gasteiger charge is -2.29. The lowest BCUT2D eigenvalue weighted by Crippen LogP contribution is -2.52. The maximum absolute atomic E-state index is 11.5. The van der Waals surface area contributed by atoms with Crippen molar-refractivity contribution in [2.75, 3.05) is 13.3 Å². The van der Waals surface area contributed by atoms with E-state index in [4.69, 9.17) is 15.6 Å². The van der Waals surface area contributed by atoms with Crippen molar-refractivity contribution < 1.29 is 19.7 Å². The molecule has 0 aromatic heterocycles. The molecule has 2 amide bonds. The Hall–Kier alpha value is -1.38. The van der Waals surface area contributed by atoms with Gasteiger partial charge in [0.05, 0.1) is 19.4 Å². The van der Waals surface area contributed by atoms with Crippen LogP contribution in [0.5, 0.6) is 0 Å². The number of urea groups is 1. The van der Waals surface area contributed by atoms with Gasteiger partial charge in [-0.15, -0.1) is 0 Å². The Morgan fingerprint density at radius 1 is 1.69 bits per heavy atom. The van der Waals surface area contributed by atoms with Crippen molar-refractivity contribution in [1.29, 1.82) is 0 Å². The van der Waals surface area contributed by atoms with Crippen LogP contribution < -0.4 is 11.1 Å². The highest BCUT2D eigenvalue weighted by atomic mass is 16.5. The number of nitrogens with one attached hydrogen (secondary N) is 1. The van der Waals surface area contributed by atoms with Crippen molar-refractivity contribution in [3.63, 3.8) is 0 Å². The molecule has 0 radical (unpaired) electrons. The first-order valence-electron chi connectivity index (χ1n) is 4.95. The van der Waals surface area contributed by atoms with Crippen LogP contribution in [-0.2, 0) is 4.74 Å². The van der Waals surface area contributed by atoms with Crippen LogP contribution in [0.2, 0.25) is 0 Å². The SMILES string of the molecule is NC1=NC(=O)N([C@H]2CC(O)[C@@H](CO)O2)CN1. The summed E-state index contributed by atoms with van der Waals surface area (Å²) >= 11 is 0. The molecule has 0 aliphatic carbocycles. The molecular weight excluding hydrogens is 216 g/mol. The first-order chi connectivity index (χ1) is 7.61. The Morgan fingerprint density at radius 3 is 3.00 bits per heavy atom. The van der Waals surface area contributed by atoms with Crippen molar-refractivity contribution in [2.24, 2.45) is 10.7 Å². The second-order valence-electron chi connectivity index (χ2n) is 3.70. The van der Waals surface area contributed by atoms with E-state index in [2.05, 4.69) is 10.3 Å². The Kier molecular flexibility index (Phi) is 2.95. The van der Waals surface area contributed by atoms with Crippen LogP contribution in [0, 0.1) is 0 Å². The van der Waals surface area contributed by atoms with E-state index in [-0.39, 0.29) is 25.7 Å². The third-order valence-electron chi connectivity index (χ3n) is 2.62. The number of aliphatic hydroxyl groups excluding tert-OH is 2. The molecule has 1 saturated heterocycles.